The molecule has 20 heavy (non-hydrogen) atoms. The fourth-order valence-corrected chi connectivity index (χ4v) is 2.65. The van der Waals surface area contributed by atoms with E-state index >= 15 is 0 Å². The van der Waals surface area contributed by atoms with Crippen molar-refractivity contribution in [2.75, 3.05) is 18.4 Å². The maximum absolute atomic E-state index is 12.2. The molecule has 2 N–H and O–H groups in total. The van der Waals surface area contributed by atoms with Gasteiger partial charge in [-0.05, 0) is 32.0 Å². The van der Waals surface area contributed by atoms with Crippen LogP contribution in [0.5, 0.6) is 0 Å². The highest BCUT2D eigenvalue weighted by Crippen LogP contribution is 2.22. The number of rotatable bonds is 4. The number of anilines is 1. The van der Waals surface area contributed by atoms with Crippen LogP contribution in [0, 0.1) is 11.8 Å². The largest absolute Gasteiger partial charge is 0.384 e. The van der Waals surface area contributed by atoms with Crippen molar-refractivity contribution in [3.63, 3.8) is 0 Å². The SMILES string of the molecule is CC(C)N(C)S(=O)(=O)Nc1cc(Cl)ccc1C#CCO. The Hall–Kier alpha value is -1.26. The molecule has 0 saturated carbocycles. The zero-order valence-corrected chi connectivity index (χ0v) is 13.1. The van der Waals surface area contributed by atoms with Gasteiger partial charge in [0.1, 0.15) is 6.61 Å². The highest BCUT2D eigenvalue weighted by Gasteiger charge is 2.21. The van der Waals surface area contributed by atoms with E-state index in [1.165, 1.54) is 17.4 Å². The first-order chi connectivity index (χ1) is 9.27. The quantitative estimate of drug-likeness (QED) is 0.830. The average Bonchev–Trinajstić information content (AvgIpc) is 2.36. The Labute approximate surface area is 124 Å². The molecule has 1 aromatic rings. The van der Waals surface area contributed by atoms with E-state index in [-0.39, 0.29) is 18.3 Å². The van der Waals surface area contributed by atoms with Crippen LogP contribution in [0.2, 0.25) is 5.02 Å². The minimum Gasteiger partial charge on any atom is -0.384 e. The van der Waals surface area contributed by atoms with E-state index in [4.69, 9.17) is 16.7 Å². The molecule has 7 heteroatoms. The molecule has 0 aliphatic heterocycles. The molecule has 0 amide bonds. The van der Waals surface area contributed by atoms with Gasteiger partial charge in [-0.15, -0.1) is 0 Å². The van der Waals surface area contributed by atoms with Crippen molar-refractivity contribution in [2.24, 2.45) is 0 Å². The molecular weight excluding hydrogens is 300 g/mol. The van der Waals surface area contributed by atoms with E-state index < -0.39 is 10.2 Å². The Morgan fingerprint density at radius 2 is 2.10 bits per heavy atom. The number of halogens is 1. The molecule has 1 rings (SSSR count). The van der Waals surface area contributed by atoms with Gasteiger partial charge in [0, 0.05) is 23.7 Å². The smallest absolute Gasteiger partial charge is 0.301 e. The number of nitrogens with one attached hydrogen (secondary N) is 1. The van der Waals surface area contributed by atoms with Crippen LogP contribution in [-0.4, -0.2) is 37.5 Å². The summed E-state index contributed by atoms with van der Waals surface area (Å²) < 4.78 is 28.0. The van der Waals surface area contributed by atoms with Crippen LogP contribution in [0.3, 0.4) is 0 Å². The van der Waals surface area contributed by atoms with Crippen molar-refractivity contribution in [3.05, 3.63) is 28.8 Å². The van der Waals surface area contributed by atoms with Gasteiger partial charge >= 0.3 is 10.2 Å². The zero-order chi connectivity index (χ0) is 15.3. The van der Waals surface area contributed by atoms with Gasteiger partial charge in [-0.3, -0.25) is 4.72 Å². The molecule has 0 atom stereocenters. The molecule has 0 aromatic heterocycles. The second kappa shape index (κ2) is 6.95. The molecule has 0 aliphatic rings. The first-order valence-electron chi connectivity index (χ1n) is 5.93. The molecule has 0 heterocycles. The van der Waals surface area contributed by atoms with Crippen molar-refractivity contribution in [3.8, 4) is 11.8 Å². The number of hydrogen-bond donors (Lipinski definition) is 2. The van der Waals surface area contributed by atoms with Gasteiger partial charge in [0.25, 0.3) is 0 Å². The van der Waals surface area contributed by atoms with E-state index in [1.54, 1.807) is 26.0 Å². The predicted molar refractivity (Wildman–Crippen MR) is 80.9 cm³/mol. The lowest BCUT2D eigenvalue weighted by molar-refractivity contribution is 0.350. The minimum atomic E-state index is -3.68. The summed E-state index contributed by atoms with van der Waals surface area (Å²) in [6.45, 7) is 3.23. The summed E-state index contributed by atoms with van der Waals surface area (Å²) in [5.41, 5.74) is 0.732. The standard InChI is InChI=1S/C13H17ClN2O3S/c1-10(2)16(3)20(18,19)15-13-9-12(14)7-6-11(13)5-4-8-17/h6-7,9-10,15,17H,8H2,1-3H3. The highest BCUT2D eigenvalue weighted by molar-refractivity contribution is 7.90. The molecule has 0 bridgehead atoms. The normalized spacial score (nSPS) is 11.3. The maximum atomic E-state index is 12.2. The summed E-state index contributed by atoms with van der Waals surface area (Å²) in [6.07, 6.45) is 0. The molecular formula is C13H17ClN2O3S. The second-order valence-corrected chi connectivity index (χ2v) is 6.53. The van der Waals surface area contributed by atoms with Crippen molar-refractivity contribution in [2.45, 2.75) is 19.9 Å². The number of nitrogens with zero attached hydrogens (tertiary/aromatic N) is 1. The first-order valence-corrected chi connectivity index (χ1v) is 7.74. The minimum absolute atomic E-state index is 0.182. The Morgan fingerprint density at radius 1 is 1.45 bits per heavy atom. The number of aliphatic hydroxyl groups is 1. The second-order valence-electron chi connectivity index (χ2n) is 4.37. The molecule has 110 valence electrons. The summed E-state index contributed by atoms with van der Waals surface area (Å²) in [6, 6.07) is 4.50. The van der Waals surface area contributed by atoms with Crippen LogP contribution >= 0.6 is 11.6 Å². The van der Waals surface area contributed by atoms with Crippen molar-refractivity contribution in [1.82, 2.24) is 4.31 Å². The Bertz CT molecular complexity index is 633. The van der Waals surface area contributed by atoms with Gasteiger partial charge in [-0.25, -0.2) is 0 Å². The third kappa shape index (κ3) is 4.39. The molecule has 1 aromatic carbocycles. The summed E-state index contributed by atoms with van der Waals surface area (Å²) in [7, 11) is -2.20. The summed E-state index contributed by atoms with van der Waals surface area (Å²) in [5.74, 6) is 5.15. The third-order valence-electron chi connectivity index (χ3n) is 2.63. The highest BCUT2D eigenvalue weighted by atomic mass is 35.5. The van der Waals surface area contributed by atoms with Gasteiger partial charge in [-0.2, -0.15) is 12.7 Å². The molecule has 0 fully saturated rings. The number of hydrogen-bond acceptors (Lipinski definition) is 3. The fourth-order valence-electron chi connectivity index (χ4n) is 1.33. The molecule has 0 radical (unpaired) electrons. The van der Waals surface area contributed by atoms with Crippen LogP contribution in [0.1, 0.15) is 19.4 Å². The van der Waals surface area contributed by atoms with E-state index in [2.05, 4.69) is 16.6 Å². The van der Waals surface area contributed by atoms with Crippen molar-refractivity contribution < 1.29 is 13.5 Å². The topological polar surface area (TPSA) is 69.6 Å². The van der Waals surface area contributed by atoms with Crippen LogP contribution in [0.15, 0.2) is 18.2 Å². The van der Waals surface area contributed by atoms with E-state index in [9.17, 15) is 8.42 Å². The number of aliphatic hydroxyl groups excluding tert-OH is 1. The fraction of sp³-hybridized carbons (Fsp3) is 0.385. The van der Waals surface area contributed by atoms with E-state index in [0.29, 0.717) is 10.6 Å². The molecule has 5 nitrogen and oxygen atoms in total. The lowest BCUT2D eigenvalue weighted by Crippen LogP contribution is -2.37. The van der Waals surface area contributed by atoms with Crippen LogP contribution in [0.4, 0.5) is 5.69 Å². The molecule has 0 saturated heterocycles. The van der Waals surface area contributed by atoms with Crippen molar-refractivity contribution >= 4 is 27.5 Å². The maximum Gasteiger partial charge on any atom is 0.301 e. The molecule has 0 unspecified atom stereocenters. The van der Waals surface area contributed by atoms with Crippen LogP contribution in [0.25, 0.3) is 0 Å². The van der Waals surface area contributed by atoms with E-state index in [0.717, 1.165) is 0 Å². The third-order valence-corrected chi connectivity index (χ3v) is 4.52. The monoisotopic (exact) mass is 316 g/mol. The van der Waals surface area contributed by atoms with Crippen LogP contribution < -0.4 is 4.72 Å². The van der Waals surface area contributed by atoms with Crippen LogP contribution in [-0.2, 0) is 10.2 Å². The molecule has 0 spiro atoms. The lowest BCUT2D eigenvalue weighted by atomic mass is 10.2. The lowest BCUT2D eigenvalue weighted by Gasteiger charge is -2.22. The molecule has 0 aliphatic carbocycles. The zero-order valence-electron chi connectivity index (χ0n) is 11.5. The summed E-state index contributed by atoms with van der Waals surface area (Å²) in [4.78, 5) is 0. The van der Waals surface area contributed by atoms with Gasteiger partial charge in [0.05, 0.1) is 5.69 Å². The van der Waals surface area contributed by atoms with Gasteiger partial charge in [0.15, 0.2) is 0 Å². The summed E-state index contributed by atoms with van der Waals surface area (Å²) in [5, 5.41) is 9.11. The predicted octanol–water partition coefficient (Wildman–Crippen LogP) is 1.68. The van der Waals surface area contributed by atoms with Gasteiger partial charge in [-0.1, -0.05) is 23.4 Å². The summed E-state index contributed by atoms with van der Waals surface area (Å²) >= 11 is 5.88. The van der Waals surface area contributed by atoms with Gasteiger partial charge < -0.3 is 5.11 Å². The number of benzene rings is 1. The van der Waals surface area contributed by atoms with E-state index in [1.807, 2.05) is 0 Å². The van der Waals surface area contributed by atoms with Gasteiger partial charge in [0.2, 0.25) is 0 Å². The first kappa shape index (κ1) is 16.8. The average molecular weight is 317 g/mol. The Kier molecular flexibility index (Phi) is 5.84. The Balaban J connectivity index is 3.17. The Morgan fingerprint density at radius 3 is 2.65 bits per heavy atom. The van der Waals surface area contributed by atoms with Crippen molar-refractivity contribution in [1.29, 1.82) is 0 Å².